The van der Waals surface area contributed by atoms with Gasteiger partial charge in [-0.05, 0) is 69.2 Å². The number of benzene rings is 1. The fourth-order valence-corrected chi connectivity index (χ4v) is 5.21. The van der Waals surface area contributed by atoms with E-state index in [2.05, 4.69) is 4.90 Å². The van der Waals surface area contributed by atoms with Gasteiger partial charge in [0.05, 0.1) is 29.2 Å². The zero-order valence-corrected chi connectivity index (χ0v) is 19.9. The van der Waals surface area contributed by atoms with Gasteiger partial charge < -0.3 is 15.4 Å². The van der Waals surface area contributed by atoms with Gasteiger partial charge in [0.2, 0.25) is 0 Å². The van der Waals surface area contributed by atoms with Crippen molar-refractivity contribution in [2.75, 3.05) is 37.6 Å². The van der Waals surface area contributed by atoms with Crippen LogP contribution in [-0.2, 0) is 20.5 Å². The van der Waals surface area contributed by atoms with E-state index >= 15 is 0 Å². The number of nitrogens with two attached hydrogens (primary N) is 1. The smallest absolute Gasteiger partial charge is 0.416 e. The molecule has 1 saturated heterocycles. The summed E-state index contributed by atoms with van der Waals surface area (Å²) in [5.74, 6) is -2.32. The molecule has 3 fully saturated rings. The second kappa shape index (κ2) is 10.2. The third kappa shape index (κ3) is 5.75. The van der Waals surface area contributed by atoms with E-state index < -0.39 is 41.0 Å². The van der Waals surface area contributed by atoms with Gasteiger partial charge in [-0.15, -0.1) is 0 Å². The lowest BCUT2D eigenvalue weighted by Gasteiger charge is -2.39. The molecular formula is C25H30F4N4O3. The van der Waals surface area contributed by atoms with Crippen molar-refractivity contribution in [1.29, 1.82) is 5.26 Å². The standard InChI is InChI=1S/C25H30F4N4O3/c26-20-2-1-18(25(27,28)29)14-21(20)33-11-9-32(10-12-33)8-5-16-3-6-24(7-4-16,23(31)35)36-22(34)19-13-17(19)15-30/h1-2,14,16-17,19H,3-13H2,(H2,31,35). The molecule has 1 aliphatic heterocycles. The van der Waals surface area contributed by atoms with Crippen LogP contribution in [0.15, 0.2) is 18.2 Å². The van der Waals surface area contributed by atoms with Gasteiger partial charge in [-0.3, -0.25) is 14.5 Å². The number of hydrogen-bond donors (Lipinski definition) is 1. The van der Waals surface area contributed by atoms with E-state index in [1.54, 1.807) is 4.90 Å². The third-order valence-electron chi connectivity index (χ3n) is 7.76. The highest BCUT2D eigenvalue weighted by Crippen LogP contribution is 2.43. The summed E-state index contributed by atoms with van der Waals surface area (Å²) in [6.07, 6.45) is -1.14. The SMILES string of the molecule is N#CC1CC1C(=O)OC1(C(N)=O)CCC(CCN2CCN(c3cc(C(F)(F)F)ccc3F)CC2)CC1. The first-order valence-corrected chi connectivity index (χ1v) is 12.3. The van der Waals surface area contributed by atoms with Crippen LogP contribution in [0, 0.1) is 34.9 Å². The molecule has 1 aromatic carbocycles. The Morgan fingerprint density at radius 2 is 1.83 bits per heavy atom. The van der Waals surface area contributed by atoms with Crippen molar-refractivity contribution in [3.63, 3.8) is 0 Å². The Kier molecular flexibility index (Phi) is 7.46. The maximum Gasteiger partial charge on any atom is 0.416 e. The van der Waals surface area contributed by atoms with Crippen molar-refractivity contribution in [3.05, 3.63) is 29.6 Å². The number of hydrogen-bond acceptors (Lipinski definition) is 6. The van der Waals surface area contributed by atoms with E-state index in [4.69, 9.17) is 15.7 Å². The van der Waals surface area contributed by atoms with Crippen molar-refractivity contribution in [2.24, 2.45) is 23.5 Å². The van der Waals surface area contributed by atoms with Gasteiger partial charge in [-0.25, -0.2) is 4.39 Å². The van der Waals surface area contributed by atoms with Crippen LogP contribution in [0.25, 0.3) is 0 Å². The van der Waals surface area contributed by atoms with Gasteiger partial charge in [0.15, 0.2) is 5.60 Å². The largest absolute Gasteiger partial charge is 0.449 e. The van der Waals surface area contributed by atoms with Crippen LogP contribution >= 0.6 is 0 Å². The maximum atomic E-state index is 14.2. The summed E-state index contributed by atoms with van der Waals surface area (Å²) < 4.78 is 58.8. The molecule has 7 nitrogen and oxygen atoms in total. The van der Waals surface area contributed by atoms with E-state index in [9.17, 15) is 27.2 Å². The third-order valence-corrected chi connectivity index (χ3v) is 7.76. The van der Waals surface area contributed by atoms with E-state index in [-0.39, 0.29) is 11.6 Å². The lowest BCUT2D eigenvalue weighted by Crippen LogP contribution is -2.51. The quantitative estimate of drug-likeness (QED) is 0.446. The van der Waals surface area contributed by atoms with Gasteiger partial charge in [0, 0.05) is 26.2 Å². The lowest BCUT2D eigenvalue weighted by atomic mass is 9.77. The normalized spacial score (nSPS) is 28.9. The minimum absolute atomic E-state index is 0.0265. The molecule has 0 spiro atoms. The molecule has 36 heavy (non-hydrogen) atoms. The number of piperazine rings is 1. The molecule has 1 amide bonds. The lowest BCUT2D eigenvalue weighted by molar-refractivity contribution is -0.173. The van der Waals surface area contributed by atoms with Gasteiger partial charge >= 0.3 is 12.1 Å². The van der Waals surface area contributed by atoms with Crippen LogP contribution < -0.4 is 10.6 Å². The molecule has 2 atom stereocenters. The Labute approximate surface area is 207 Å². The summed E-state index contributed by atoms with van der Waals surface area (Å²) in [6, 6.07) is 4.52. The molecule has 1 heterocycles. The fourth-order valence-electron chi connectivity index (χ4n) is 5.21. The van der Waals surface area contributed by atoms with E-state index in [0.29, 0.717) is 64.2 Å². The van der Waals surface area contributed by atoms with Gasteiger partial charge in [0.1, 0.15) is 5.82 Å². The first-order chi connectivity index (χ1) is 17.0. The van der Waals surface area contributed by atoms with Crippen LogP contribution in [0.5, 0.6) is 0 Å². The molecule has 0 bridgehead atoms. The number of ether oxygens (including phenoxy) is 1. The molecule has 4 rings (SSSR count). The number of carbonyl (C=O) groups is 2. The Morgan fingerprint density at radius 1 is 1.17 bits per heavy atom. The number of carbonyl (C=O) groups excluding carboxylic acids is 2. The Morgan fingerprint density at radius 3 is 2.39 bits per heavy atom. The van der Waals surface area contributed by atoms with Gasteiger partial charge in [0.25, 0.3) is 5.91 Å². The molecule has 11 heteroatoms. The zero-order valence-electron chi connectivity index (χ0n) is 19.9. The Bertz CT molecular complexity index is 1030. The predicted molar refractivity (Wildman–Crippen MR) is 122 cm³/mol. The van der Waals surface area contributed by atoms with Crippen LogP contribution in [0.2, 0.25) is 0 Å². The Hall–Kier alpha value is -2.87. The summed E-state index contributed by atoms with van der Waals surface area (Å²) in [5.41, 5.74) is 3.40. The summed E-state index contributed by atoms with van der Waals surface area (Å²) in [4.78, 5) is 28.3. The number of alkyl halides is 3. The topological polar surface area (TPSA) is 99.7 Å². The van der Waals surface area contributed by atoms with Crippen molar-refractivity contribution in [2.45, 2.75) is 50.3 Å². The molecule has 2 aliphatic carbocycles. The number of anilines is 1. The average Bonchev–Trinajstić information content (AvgIpc) is 3.64. The summed E-state index contributed by atoms with van der Waals surface area (Å²) in [7, 11) is 0. The highest BCUT2D eigenvalue weighted by Gasteiger charge is 2.50. The van der Waals surface area contributed by atoms with E-state index in [1.807, 2.05) is 6.07 Å². The number of esters is 1. The minimum Gasteiger partial charge on any atom is -0.449 e. The van der Waals surface area contributed by atoms with Gasteiger partial charge in [-0.1, -0.05) is 0 Å². The summed E-state index contributed by atoms with van der Waals surface area (Å²) in [6.45, 7) is 2.83. The average molecular weight is 511 g/mol. The number of nitriles is 1. The Balaban J connectivity index is 1.23. The number of nitrogens with zero attached hydrogens (tertiary/aromatic N) is 3. The first-order valence-electron chi connectivity index (χ1n) is 12.3. The van der Waals surface area contributed by atoms with Crippen molar-refractivity contribution >= 4 is 17.6 Å². The van der Waals surface area contributed by atoms with Crippen LogP contribution in [0.1, 0.15) is 44.1 Å². The molecule has 1 aromatic rings. The number of rotatable bonds is 7. The number of primary amides is 1. The molecule has 3 aliphatic rings. The van der Waals surface area contributed by atoms with E-state index in [1.165, 1.54) is 0 Å². The van der Waals surface area contributed by atoms with Crippen LogP contribution in [-0.4, -0.2) is 55.1 Å². The highest BCUT2D eigenvalue weighted by atomic mass is 19.4. The molecule has 0 radical (unpaired) electrons. The van der Waals surface area contributed by atoms with E-state index in [0.717, 1.165) is 31.2 Å². The second-order valence-electron chi connectivity index (χ2n) is 10.1. The number of amides is 1. The maximum absolute atomic E-state index is 14.2. The predicted octanol–water partition coefficient (Wildman–Crippen LogP) is 3.47. The van der Waals surface area contributed by atoms with Crippen LogP contribution in [0.3, 0.4) is 0 Å². The summed E-state index contributed by atoms with van der Waals surface area (Å²) >= 11 is 0. The summed E-state index contributed by atoms with van der Waals surface area (Å²) in [5, 5.41) is 8.92. The minimum atomic E-state index is -4.52. The monoisotopic (exact) mass is 510 g/mol. The molecule has 2 saturated carbocycles. The molecule has 2 N–H and O–H groups in total. The second-order valence-corrected chi connectivity index (χ2v) is 10.1. The highest BCUT2D eigenvalue weighted by molar-refractivity contribution is 5.87. The molecule has 0 aromatic heterocycles. The van der Waals surface area contributed by atoms with Gasteiger partial charge in [-0.2, -0.15) is 18.4 Å². The molecular weight excluding hydrogens is 480 g/mol. The first kappa shape index (κ1) is 26.2. The van der Waals surface area contributed by atoms with Crippen molar-refractivity contribution in [3.8, 4) is 6.07 Å². The van der Waals surface area contributed by atoms with Crippen LogP contribution in [0.4, 0.5) is 23.2 Å². The fraction of sp³-hybridized carbons (Fsp3) is 0.640. The zero-order chi connectivity index (χ0) is 26.1. The molecule has 2 unspecified atom stereocenters. The number of halogens is 4. The van der Waals surface area contributed by atoms with Crippen molar-refractivity contribution < 1.29 is 31.9 Å². The molecule has 196 valence electrons. The van der Waals surface area contributed by atoms with Crippen molar-refractivity contribution in [1.82, 2.24) is 4.90 Å².